The number of hydrogen-bond acceptors (Lipinski definition) is 1. The first-order valence-corrected chi connectivity index (χ1v) is 7.84. The number of rotatable bonds is 3. The maximum atomic E-state index is 3.29. The van der Waals surface area contributed by atoms with Gasteiger partial charge in [0.25, 0.3) is 0 Å². The quantitative estimate of drug-likeness (QED) is 0.527. The Morgan fingerprint density at radius 3 is 2.85 bits per heavy atom. The van der Waals surface area contributed by atoms with Crippen LogP contribution in [-0.4, -0.2) is 18.5 Å². The van der Waals surface area contributed by atoms with Gasteiger partial charge in [0.15, 0.2) is 0 Å². The van der Waals surface area contributed by atoms with Crippen LogP contribution in [0.4, 0.5) is 0 Å². The van der Waals surface area contributed by atoms with Gasteiger partial charge in [0.1, 0.15) is 0 Å². The molecule has 1 heterocycles. The summed E-state index contributed by atoms with van der Waals surface area (Å²) in [5, 5.41) is 0. The minimum atomic E-state index is 0.411. The molecule has 0 saturated carbocycles. The van der Waals surface area contributed by atoms with Crippen molar-refractivity contribution in [3.05, 3.63) is 35.6 Å². The monoisotopic (exact) mass is 271 g/mol. The van der Waals surface area contributed by atoms with Crippen molar-refractivity contribution in [1.82, 2.24) is 4.90 Å². The predicted octanol–water partition coefficient (Wildman–Crippen LogP) is 4.78. The molecule has 1 heteroatoms. The standard InChI is InChI=1S/C19H29N/c1-6-8-18(10-9-16(3)4)15-19-12-11-17(7-2)13-14-20(19)5/h6,8,12,15-17H,7,11,13-14H2,1-5H3/b8-6-,18-15+. The molecule has 0 bridgehead atoms. The summed E-state index contributed by atoms with van der Waals surface area (Å²) >= 11 is 0. The van der Waals surface area contributed by atoms with E-state index in [1.54, 1.807) is 0 Å². The van der Waals surface area contributed by atoms with Crippen LogP contribution in [0.3, 0.4) is 0 Å². The van der Waals surface area contributed by atoms with Crippen molar-refractivity contribution < 1.29 is 0 Å². The Morgan fingerprint density at radius 2 is 2.25 bits per heavy atom. The molecule has 0 aromatic carbocycles. The third kappa shape index (κ3) is 5.70. The van der Waals surface area contributed by atoms with E-state index >= 15 is 0 Å². The van der Waals surface area contributed by atoms with Crippen molar-refractivity contribution in [1.29, 1.82) is 0 Å². The van der Waals surface area contributed by atoms with Crippen LogP contribution in [0.1, 0.15) is 47.0 Å². The van der Waals surface area contributed by atoms with Crippen LogP contribution in [-0.2, 0) is 0 Å². The highest BCUT2D eigenvalue weighted by atomic mass is 15.1. The Labute approximate surface area is 125 Å². The van der Waals surface area contributed by atoms with Crippen LogP contribution in [0.15, 0.2) is 35.6 Å². The molecule has 0 saturated heterocycles. The summed E-state index contributed by atoms with van der Waals surface area (Å²) in [7, 11) is 2.18. The molecule has 1 rings (SSSR count). The Morgan fingerprint density at radius 1 is 1.50 bits per heavy atom. The molecule has 1 atom stereocenters. The molecule has 1 aliphatic rings. The number of hydrogen-bond donors (Lipinski definition) is 0. The molecule has 0 aromatic rings. The fourth-order valence-corrected chi connectivity index (χ4v) is 2.30. The molecule has 0 amide bonds. The van der Waals surface area contributed by atoms with E-state index in [0.29, 0.717) is 5.92 Å². The van der Waals surface area contributed by atoms with Crippen molar-refractivity contribution >= 4 is 0 Å². The molecule has 20 heavy (non-hydrogen) atoms. The summed E-state index contributed by atoms with van der Waals surface area (Å²) in [5.74, 6) is 7.79. The second kappa shape index (κ2) is 8.69. The van der Waals surface area contributed by atoms with Gasteiger partial charge >= 0.3 is 0 Å². The van der Waals surface area contributed by atoms with E-state index in [4.69, 9.17) is 0 Å². The van der Waals surface area contributed by atoms with Crippen LogP contribution in [0, 0.1) is 23.7 Å². The van der Waals surface area contributed by atoms with Crippen LogP contribution in [0.25, 0.3) is 0 Å². The van der Waals surface area contributed by atoms with Crippen molar-refractivity contribution in [2.45, 2.75) is 47.0 Å². The van der Waals surface area contributed by atoms with E-state index in [1.165, 1.54) is 25.0 Å². The van der Waals surface area contributed by atoms with Gasteiger partial charge < -0.3 is 4.90 Å². The van der Waals surface area contributed by atoms with Gasteiger partial charge in [-0.15, -0.1) is 0 Å². The summed E-state index contributed by atoms with van der Waals surface area (Å²) < 4.78 is 0. The smallest absolute Gasteiger partial charge is 0.0335 e. The van der Waals surface area contributed by atoms with Crippen molar-refractivity contribution in [2.24, 2.45) is 11.8 Å². The highest BCUT2D eigenvalue weighted by molar-refractivity contribution is 5.43. The number of allylic oxidation sites excluding steroid dienone is 5. The lowest BCUT2D eigenvalue weighted by Gasteiger charge is -2.19. The summed E-state index contributed by atoms with van der Waals surface area (Å²) in [4.78, 5) is 2.36. The molecule has 1 nitrogen and oxygen atoms in total. The summed E-state index contributed by atoms with van der Waals surface area (Å²) in [6.07, 6.45) is 12.5. The Balaban J connectivity index is 2.96. The highest BCUT2D eigenvalue weighted by Gasteiger charge is 2.13. The minimum Gasteiger partial charge on any atom is -0.375 e. The van der Waals surface area contributed by atoms with Gasteiger partial charge in [-0.3, -0.25) is 0 Å². The van der Waals surface area contributed by atoms with Crippen LogP contribution in [0.2, 0.25) is 0 Å². The maximum absolute atomic E-state index is 3.29. The van der Waals surface area contributed by atoms with Crippen molar-refractivity contribution in [3.63, 3.8) is 0 Å². The van der Waals surface area contributed by atoms with Crippen LogP contribution in [0.5, 0.6) is 0 Å². The second-order valence-corrected chi connectivity index (χ2v) is 5.87. The minimum absolute atomic E-state index is 0.411. The zero-order valence-electron chi connectivity index (χ0n) is 13.7. The van der Waals surface area contributed by atoms with Gasteiger partial charge in [-0.25, -0.2) is 0 Å². The fraction of sp³-hybridized carbons (Fsp3) is 0.579. The predicted molar refractivity (Wildman–Crippen MR) is 89.2 cm³/mol. The van der Waals surface area contributed by atoms with E-state index in [1.807, 2.05) is 6.92 Å². The molecule has 0 aromatic heterocycles. The molecular formula is C19H29N. The van der Waals surface area contributed by atoms with Crippen molar-refractivity contribution in [2.75, 3.05) is 13.6 Å². The van der Waals surface area contributed by atoms with Gasteiger partial charge in [-0.05, 0) is 31.8 Å². The Bertz CT molecular complexity index is 440. The first kappa shape index (κ1) is 16.6. The number of nitrogens with zero attached hydrogens (tertiary/aromatic N) is 1. The summed E-state index contributed by atoms with van der Waals surface area (Å²) in [6, 6.07) is 0. The Hall–Kier alpha value is -1.42. The largest absolute Gasteiger partial charge is 0.375 e. The van der Waals surface area contributed by atoms with Gasteiger partial charge in [0.2, 0.25) is 0 Å². The fourth-order valence-electron chi connectivity index (χ4n) is 2.30. The first-order chi connectivity index (χ1) is 9.56. The van der Waals surface area contributed by atoms with Crippen LogP contribution < -0.4 is 0 Å². The zero-order valence-corrected chi connectivity index (χ0v) is 13.7. The van der Waals surface area contributed by atoms with Crippen LogP contribution >= 0.6 is 0 Å². The average molecular weight is 271 g/mol. The van der Waals surface area contributed by atoms with Gasteiger partial charge in [-0.2, -0.15) is 0 Å². The summed E-state index contributed by atoms with van der Waals surface area (Å²) in [6.45, 7) is 9.73. The Kier molecular flexibility index (Phi) is 7.23. The van der Waals surface area contributed by atoms with E-state index in [-0.39, 0.29) is 0 Å². The zero-order chi connectivity index (χ0) is 15.0. The number of likely N-dealkylation sites (N-methyl/N-ethyl adjacent to an activating group) is 1. The highest BCUT2D eigenvalue weighted by Crippen LogP contribution is 2.22. The lowest BCUT2D eigenvalue weighted by molar-refractivity contribution is 0.379. The van der Waals surface area contributed by atoms with Gasteiger partial charge in [0.05, 0.1) is 0 Å². The normalized spacial score (nSPS) is 20.7. The molecule has 0 radical (unpaired) electrons. The molecule has 0 aliphatic carbocycles. The summed E-state index contributed by atoms with van der Waals surface area (Å²) in [5.41, 5.74) is 2.42. The molecular weight excluding hydrogens is 242 g/mol. The molecule has 1 unspecified atom stereocenters. The average Bonchev–Trinajstić information content (AvgIpc) is 2.59. The van der Waals surface area contributed by atoms with E-state index in [9.17, 15) is 0 Å². The van der Waals surface area contributed by atoms with E-state index < -0.39 is 0 Å². The molecule has 1 aliphatic heterocycles. The SMILES string of the molecule is C/C=C\C(C#CC(C)C)=C/C1=CCC(CC)CCN1C. The van der Waals surface area contributed by atoms with Gasteiger partial charge in [-0.1, -0.05) is 57.3 Å². The van der Waals surface area contributed by atoms with Gasteiger partial charge in [0, 0.05) is 30.8 Å². The third-order valence-corrected chi connectivity index (χ3v) is 3.71. The first-order valence-electron chi connectivity index (χ1n) is 7.84. The molecule has 0 N–H and O–H groups in total. The topological polar surface area (TPSA) is 3.24 Å². The molecule has 110 valence electrons. The lowest BCUT2D eigenvalue weighted by Crippen LogP contribution is -2.17. The maximum Gasteiger partial charge on any atom is 0.0335 e. The lowest BCUT2D eigenvalue weighted by atomic mass is 9.99. The second-order valence-electron chi connectivity index (χ2n) is 5.87. The molecule has 0 spiro atoms. The third-order valence-electron chi connectivity index (χ3n) is 3.71. The molecule has 0 fully saturated rings. The van der Waals surface area contributed by atoms with E-state index in [2.05, 4.69) is 68.9 Å². The van der Waals surface area contributed by atoms with E-state index in [0.717, 1.165) is 18.0 Å². The van der Waals surface area contributed by atoms with Crippen molar-refractivity contribution in [3.8, 4) is 11.8 Å².